The van der Waals surface area contributed by atoms with Gasteiger partial charge in [0, 0.05) is 24.9 Å². The molecule has 0 aliphatic rings. The average Bonchev–Trinajstić information content (AvgIpc) is 3.01. The summed E-state index contributed by atoms with van der Waals surface area (Å²) in [6.45, 7) is 6.59. The zero-order valence-corrected chi connectivity index (χ0v) is 12.8. The largest absolute Gasteiger partial charge is 0.484 e. The Bertz CT molecular complexity index is 524. The quantitative estimate of drug-likeness (QED) is 0.858. The molecule has 0 radical (unpaired) electrons. The lowest BCUT2D eigenvalue weighted by atomic mass is 10.2. The number of nitrogens with zero attached hydrogens (tertiary/aromatic N) is 1. The Balaban J connectivity index is 0.00000106. The predicted molar refractivity (Wildman–Crippen MR) is 83.3 cm³/mol. The molecule has 0 unspecified atom stereocenters. The minimum atomic E-state index is -0.124. The van der Waals surface area contributed by atoms with Gasteiger partial charge >= 0.3 is 0 Å². The van der Waals surface area contributed by atoms with E-state index >= 15 is 0 Å². The van der Waals surface area contributed by atoms with Crippen LogP contribution in [0.5, 0.6) is 5.75 Å². The first-order valence-corrected chi connectivity index (χ1v) is 7.17. The van der Waals surface area contributed by atoms with E-state index in [2.05, 4.69) is 15.3 Å². The minimum Gasteiger partial charge on any atom is -0.484 e. The number of amides is 1. The minimum absolute atomic E-state index is 0.0342. The van der Waals surface area contributed by atoms with E-state index in [1.54, 1.807) is 12.5 Å². The fourth-order valence-corrected chi connectivity index (χ4v) is 1.66. The summed E-state index contributed by atoms with van der Waals surface area (Å²) < 4.78 is 5.40. The van der Waals surface area contributed by atoms with Gasteiger partial charge in [0.15, 0.2) is 6.61 Å². The maximum absolute atomic E-state index is 11.6. The molecule has 0 bridgehead atoms. The van der Waals surface area contributed by atoms with E-state index < -0.39 is 0 Å². The first-order valence-electron chi connectivity index (χ1n) is 7.17. The summed E-state index contributed by atoms with van der Waals surface area (Å²) in [5.41, 5.74) is 2.11. The maximum atomic E-state index is 11.6. The molecule has 1 aromatic carbocycles. The SMILES string of the molecule is CC.Cc1cccc(OCC(=O)NCCc2cnc[nH]2)c1. The fraction of sp³-hybridized carbons (Fsp3) is 0.375. The molecular weight excluding hydrogens is 266 g/mol. The number of H-pyrrole nitrogens is 1. The van der Waals surface area contributed by atoms with Crippen molar-refractivity contribution in [3.05, 3.63) is 48.0 Å². The highest BCUT2D eigenvalue weighted by molar-refractivity contribution is 5.77. The maximum Gasteiger partial charge on any atom is 0.257 e. The second-order valence-corrected chi connectivity index (χ2v) is 4.28. The Kier molecular flexibility index (Phi) is 7.64. The monoisotopic (exact) mass is 289 g/mol. The topological polar surface area (TPSA) is 67.0 Å². The van der Waals surface area contributed by atoms with Crippen LogP contribution in [-0.2, 0) is 11.2 Å². The zero-order chi connectivity index (χ0) is 15.5. The highest BCUT2D eigenvalue weighted by Crippen LogP contribution is 2.11. The lowest BCUT2D eigenvalue weighted by Crippen LogP contribution is -2.30. The van der Waals surface area contributed by atoms with Crippen LogP contribution in [0.4, 0.5) is 0 Å². The van der Waals surface area contributed by atoms with Crippen molar-refractivity contribution in [3.8, 4) is 5.75 Å². The van der Waals surface area contributed by atoms with Gasteiger partial charge < -0.3 is 15.0 Å². The van der Waals surface area contributed by atoms with Gasteiger partial charge in [0.25, 0.3) is 5.91 Å². The lowest BCUT2D eigenvalue weighted by Gasteiger charge is -2.07. The molecule has 0 saturated carbocycles. The molecule has 2 N–H and O–H groups in total. The van der Waals surface area contributed by atoms with Gasteiger partial charge in [-0.15, -0.1) is 0 Å². The molecule has 114 valence electrons. The van der Waals surface area contributed by atoms with Crippen molar-refractivity contribution in [2.24, 2.45) is 0 Å². The molecule has 5 heteroatoms. The van der Waals surface area contributed by atoms with Crippen LogP contribution in [0.2, 0.25) is 0 Å². The number of aromatic amines is 1. The number of nitrogens with one attached hydrogen (secondary N) is 2. The summed E-state index contributed by atoms with van der Waals surface area (Å²) >= 11 is 0. The third-order valence-corrected chi connectivity index (χ3v) is 2.63. The summed E-state index contributed by atoms with van der Waals surface area (Å²) in [4.78, 5) is 18.5. The van der Waals surface area contributed by atoms with E-state index in [-0.39, 0.29) is 12.5 Å². The Morgan fingerprint density at radius 2 is 2.19 bits per heavy atom. The number of carbonyl (C=O) groups excluding carboxylic acids is 1. The third-order valence-electron chi connectivity index (χ3n) is 2.63. The fourth-order valence-electron chi connectivity index (χ4n) is 1.66. The molecule has 5 nitrogen and oxygen atoms in total. The van der Waals surface area contributed by atoms with E-state index in [1.807, 2.05) is 45.0 Å². The number of hydrogen-bond donors (Lipinski definition) is 2. The van der Waals surface area contributed by atoms with Crippen molar-refractivity contribution in [3.63, 3.8) is 0 Å². The molecule has 0 fully saturated rings. The van der Waals surface area contributed by atoms with Gasteiger partial charge in [-0.25, -0.2) is 4.98 Å². The van der Waals surface area contributed by atoms with E-state index in [1.165, 1.54) is 0 Å². The number of aromatic nitrogens is 2. The Hall–Kier alpha value is -2.30. The normalized spacial score (nSPS) is 9.48. The third kappa shape index (κ3) is 6.61. The van der Waals surface area contributed by atoms with Crippen LogP contribution in [0.3, 0.4) is 0 Å². The van der Waals surface area contributed by atoms with Crippen LogP contribution >= 0.6 is 0 Å². The van der Waals surface area contributed by atoms with Crippen molar-refractivity contribution in [2.45, 2.75) is 27.2 Å². The zero-order valence-electron chi connectivity index (χ0n) is 12.8. The van der Waals surface area contributed by atoms with Crippen molar-refractivity contribution in [2.75, 3.05) is 13.2 Å². The van der Waals surface area contributed by atoms with Crippen LogP contribution < -0.4 is 10.1 Å². The molecule has 2 rings (SSSR count). The Labute approximate surface area is 125 Å². The van der Waals surface area contributed by atoms with Crippen LogP contribution in [0.15, 0.2) is 36.8 Å². The molecule has 0 atom stereocenters. The second-order valence-electron chi connectivity index (χ2n) is 4.28. The van der Waals surface area contributed by atoms with Gasteiger partial charge in [0.1, 0.15) is 5.75 Å². The molecule has 21 heavy (non-hydrogen) atoms. The summed E-state index contributed by atoms with van der Waals surface area (Å²) in [5.74, 6) is 0.588. The van der Waals surface area contributed by atoms with E-state index in [0.29, 0.717) is 12.3 Å². The molecule has 0 saturated heterocycles. The van der Waals surface area contributed by atoms with Gasteiger partial charge in [-0.05, 0) is 24.6 Å². The second kappa shape index (κ2) is 9.58. The van der Waals surface area contributed by atoms with Crippen molar-refractivity contribution < 1.29 is 9.53 Å². The number of aryl methyl sites for hydroxylation is 1. The first-order chi connectivity index (χ1) is 10.2. The van der Waals surface area contributed by atoms with Crippen LogP contribution in [0, 0.1) is 6.92 Å². The van der Waals surface area contributed by atoms with Crippen LogP contribution in [0.1, 0.15) is 25.1 Å². The number of ether oxygens (including phenoxy) is 1. The lowest BCUT2D eigenvalue weighted by molar-refractivity contribution is -0.123. The number of hydrogen-bond acceptors (Lipinski definition) is 3. The molecular formula is C16H23N3O2. The summed E-state index contributed by atoms with van der Waals surface area (Å²) in [7, 11) is 0. The number of carbonyl (C=O) groups is 1. The predicted octanol–water partition coefficient (Wildman–Crippen LogP) is 2.48. The van der Waals surface area contributed by atoms with Crippen molar-refractivity contribution in [1.82, 2.24) is 15.3 Å². The molecule has 2 aromatic rings. The average molecular weight is 289 g/mol. The molecule has 0 aliphatic carbocycles. The van der Waals surface area contributed by atoms with Gasteiger partial charge in [-0.3, -0.25) is 4.79 Å². The summed E-state index contributed by atoms with van der Waals surface area (Å²) in [6.07, 6.45) is 4.10. The Morgan fingerprint density at radius 1 is 1.38 bits per heavy atom. The molecule has 0 aliphatic heterocycles. The van der Waals surface area contributed by atoms with Gasteiger partial charge in [0.05, 0.1) is 6.33 Å². The van der Waals surface area contributed by atoms with Crippen LogP contribution in [0.25, 0.3) is 0 Å². The summed E-state index contributed by atoms with van der Waals surface area (Å²) in [6, 6.07) is 7.63. The number of imidazole rings is 1. The molecule has 1 aromatic heterocycles. The number of benzene rings is 1. The first kappa shape index (κ1) is 16.8. The standard InChI is InChI=1S/C14H17N3O2.C2H6/c1-11-3-2-4-13(7-11)19-9-14(18)16-6-5-12-8-15-10-17-12;1-2/h2-4,7-8,10H,5-6,9H2,1H3,(H,15,17)(H,16,18);1-2H3. The molecule has 0 spiro atoms. The van der Waals surface area contributed by atoms with E-state index in [4.69, 9.17) is 4.74 Å². The highest BCUT2D eigenvalue weighted by atomic mass is 16.5. The van der Waals surface area contributed by atoms with Crippen molar-refractivity contribution in [1.29, 1.82) is 0 Å². The summed E-state index contributed by atoms with van der Waals surface area (Å²) in [5, 5.41) is 2.79. The van der Waals surface area contributed by atoms with E-state index in [9.17, 15) is 4.79 Å². The number of rotatable bonds is 6. The van der Waals surface area contributed by atoms with Gasteiger partial charge in [-0.2, -0.15) is 0 Å². The van der Waals surface area contributed by atoms with Crippen molar-refractivity contribution >= 4 is 5.91 Å². The smallest absolute Gasteiger partial charge is 0.257 e. The Morgan fingerprint density at radius 3 is 2.86 bits per heavy atom. The molecule has 1 heterocycles. The van der Waals surface area contributed by atoms with Gasteiger partial charge in [-0.1, -0.05) is 26.0 Å². The van der Waals surface area contributed by atoms with E-state index in [0.717, 1.165) is 17.7 Å². The van der Waals surface area contributed by atoms with Gasteiger partial charge in [0.2, 0.25) is 0 Å². The van der Waals surface area contributed by atoms with Crippen LogP contribution in [-0.4, -0.2) is 29.0 Å². The highest BCUT2D eigenvalue weighted by Gasteiger charge is 2.02. The molecule has 1 amide bonds.